The van der Waals surface area contributed by atoms with Crippen molar-refractivity contribution in [2.75, 3.05) is 14.2 Å². The molecule has 33 heavy (non-hydrogen) atoms. The quantitative estimate of drug-likeness (QED) is 0.543. The fourth-order valence-corrected chi connectivity index (χ4v) is 4.11. The Bertz CT molecular complexity index is 1200. The van der Waals surface area contributed by atoms with E-state index in [2.05, 4.69) is 15.6 Å². The molecule has 2 N–H and O–H groups in total. The van der Waals surface area contributed by atoms with Crippen LogP contribution in [0.2, 0.25) is 0 Å². The second-order valence-electron chi connectivity index (χ2n) is 7.82. The molecule has 1 heterocycles. The predicted octanol–water partition coefficient (Wildman–Crippen LogP) is 3.19. The van der Waals surface area contributed by atoms with Crippen LogP contribution in [0.5, 0.6) is 11.5 Å². The SMILES string of the molecule is COc1ccc(C(=O)NC2=NC(=C(C#N)C(=O)NC3CCCC3)c3ccccc32)cc1OC. The number of rotatable bonds is 5. The van der Waals surface area contributed by atoms with Crippen LogP contribution < -0.4 is 20.1 Å². The van der Waals surface area contributed by atoms with Crippen LogP contribution in [0.4, 0.5) is 0 Å². The van der Waals surface area contributed by atoms with Crippen molar-refractivity contribution in [2.24, 2.45) is 4.99 Å². The molecule has 1 aliphatic carbocycles. The van der Waals surface area contributed by atoms with Gasteiger partial charge in [-0.05, 0) is 31.0 Å². The molecule has 168 valence electrons. The second kappa shape index (κ2) is 9.57. The molecular formula is C25H24N4O4. The van der Waals surface area contributed by atoms with Gasteiger partial charge in [0.25, 0.3) is 11.8 Å². The molecule has 2 aliphatic rings. The van der Waals surface area contributed by atoms with Gasteiger partial charge in [-0.15, -0.1) is 0 Å². The zero-order valence-electron chi connectivity index (χ0n) is 18.5. The van der Waals surface area contributed by atoms with Crippen LogP contribution in [0.1, 0.15) is 47.2 Å². The Kier molecular flexibility index (Phi) is 6.41. The van der Waals surface area contributed by atoms with Gasteiger partial charge < -0.3 is 20.1 Å². The van der Waals surface area contributed by atoms with Crippen molar-refractivity contribution in [2.45, 2.75) is 31.7 Å². The third-order valence-electron chi connectivity index (χ3n) is 5.80. The average Bonchev–Trinajstić information content (AvgIpc) is 3.47. The molecule has 0 atom stereocenters. The van der Waals surface area contributed by atoms with E-state index in [0.29, 0.717) is 28.2 Å². The Morgan fingerprint density at radius 2 is 1.73 bits per heavy atom. The Balaban J connectivity index is 1.65. The number of carbonyl (C=O) groups is 2. The molecule has 8 heteroatoms. The van der Waals surface area contributed by atoms with E-state index in [9.17, 15) is 14.9 Å². The first kappa shape index (κ1) is 22.1. The van der Waals surface area contributed by atoms with Crippen molar-refractivity contribution in [1.82, 2.24) is 10.6 Å². The molecule has 0 spiro atoms. The van der Waals surface area contributed by atoms with Gasteiger partial charge >= 0.3 is 0 Å². The Morgan fingerprint density at radius 1 is 1.03 bits per heavy atom. The topological polar surface area (TPSA) is 113 Å². The van der Waals surface area contributed by atoms with Gasteiger partial charge in [-0.25, -0.2) is 4.99 Å². The average molecular weight is 444 g/mol. The molecule has 0 aromatic heterocycles. The molecule has 1 fully saturated rings. The number of methoxy groups -OCH3 is 2. The van der Waals surface area contributed by atoms with E-state index >= 15 is 0 Å². The summed E-state index contributed by atoms with van der Waals surface area (Å²) in [6.07, 6.45) is 3.95. The molecule has 1 saturated carbocycles. The van der Waals surface area contributed by atoms with Crippen LogP contribution in [0.25, 0.3) is 5.70 Å². The standard InChI is InChI=1S/C25H24N4O4/c1-32-20-12-11-15(13-21(20)33-2)24(30)29-23-18-10-6-5-9-17(18)22(28-23)19(14-26)25(31)27-16-7-3-4-8-16/h5-6,9-13,16H,3-4,7-8H2,1-2H3,(H,27,31)(H,28,29,30). The molecule has 8 nitrogen and oxygen atoms in total. The molecule has 0 radical (unpaired) electrons. The largest absolute Gasteiger partial charge is 0.493 e. The molecule has 2 aromatic rings. The van der Waals surface area contributed by atoms with Gasteiger partial charge in [-0.2, -0.15) is 5.26 Å². The summed E-state index contributed by atoms with van der Waals surface area (Å²) in [6, 6.07) is 14.1. The summed E-state index contributed by atoms with van der Waals surface area (Å²) in [7, 11) is 3.01. The molecule has 0 unspecified atom stereocenters. The lowest BCUT2D eigenvalue weighted by atomic mass is 10.0. The number of benzene rings is 2. The number of nitriles is 1. The van der Waals surface area contributed by atoms with E-state index in [1.54, 1.807) is 36.4 Å². The first-order chi connectivity index (χ1) is 16.0. The third kappa shape index (κ3) is 4.44. The van der Waals surface area contributed by atoms with E-state index in [1.165, 1.54) is 14.2 Å². The molecule has 0 saturated heterocycles. The Hall–Kier alpha value is -4.12. The summed E-state index contributed by atoms with van der Waals surface area (Å²) >= 11 is 0. The van der Waals surface area contributed by atoms with Crippen LogP contribution in [0.15, 0.2) is 53.0 Å². The fraction of sp³-hybridized carbons (Fsp3) is 0.280. The van der Waals surface area contributed by atoms with Gasteiger partial charge in [0.2, 0.25) is 0 Å². The molecule has 1 aliphatic heterocycles. The summed E-state index contributed by atoms with van der Waals surface area (Å²) in [4.78, 5) is 30.3. The van der Waals surface area contributed by atoms with Gasteiger partial charge in [0.1, 0.15) is 17.5 Å². The highest BCUT2D eigenvalue weighted by Gasteiger charge is 2.28. The highest BCUT2D eigenvalue weighted by molar-refractivity contribution is 6.20. The monoisotopic (exact) mass is 444 g/mol. The summed E-state index contributed by atoms with van der Waals surface area (Å²) in [5, 5.41) is 15.5. The maximum atomic E-state index is 12.9. The Labute approximate surface area is 191 Å². The first-order valence-electron chi connectivity index (χ1n) is 10.7. The van der Waals surface area contributed by atoms with Gasteiger partial charge in [0.15, 0.2) is 11.5 Å². The van der Waals surface area contributed by atoms with E-state index in [-0.39, 0.29) is 23.1 Å². The van der Waals surface area contributed by atoms with E-state index in [0.717, 1.165) is 25.7 Å². The fourth-order valence-electron chi connectivity index (χ4n) is 4.11. The highest BCUT2D eigenvalue weighted by atomic mass is 16.5. The van der Waals surface area contributed by atoms with Crippen molar-refractivity contribution in [3.8, 4) is 17.6 Å². The van der Waals surface area contributed by atoms with Crippen LogP contribution in [-0.2, 0) is 4.79 Å². The lowest BCUT2D eigenvalue weighted by Crippen LogP contribution is -2.33. The van der Waals surface area contributed by atoms with Gasteiger partial charge in [-0.3, -0.25) is 9.59 Å². The summed E-state index contributed by atoms with van der Waals surface area (Å²) in [5.41, 5.74) is 1.81. The normalized spacial score (nSPS) is 16.3. The number of hydrogen-bond donors (Lipinski definition) is 2. The minimum atomic E-state index is -0.439. The number of carbonyl (C=O) groups excluding carboxylic acids is 2. The maximum absolute atomic E-state index is 12.9. The minimum absolute atomic E-state index is 0.0651. The van der Waals surface area contributed by atoms with Crippen LogP contribution in [0, 0.1) is 11.3 Å². The number of hydrogen-bond acceptors (Lipinski definition) is 6. The summed E-state index contributed by atoms with van der Waals surface area (Å²) in [6.45, 7) is 0. The first-order valence-corrected chi connectivity index (χ1v) is 10.7. The number of amidine groups is 1. The van der Waals surface area contributed by atoms with Crippen molar-refractivity contribution in [3.63, 3.8) is 0 Å². The maximum Gasteiger partial charge on any atom is 0.264 e. The second-order valence-corrected chi connectivity index (χ2v) is 7.82. The Morgan fingerprint density at radius 3 is 2.39 bits per heavy atom. The van der Waals surface area contributed by atoms with E-state index < -0.39 is 11.8 Å². The molecule has 0 bridgehead atoms. The number of nitrogens with zero attached hydrogens (tertiary/aromatic N) is 2. The number of ether oxygens (including phenoxy) is 2. The van der Waals surface area contributed by atoms with Crippen LogP contribution >= 0.6 is 0 Å². The van der Waals surface area contributed by atoms with Crippen molar-refractivity contribution in [1.29, 1.82) is 5.26 Å². The van der Waals surface area contributed by atoms with Crippen molar-refractivity contribution >= 4 is 23.3 Å². The number of amides is 2. The molecular weight excluding hydrogens is 420 g/mol. The zero-order chi connectivity index (χ0) is 23.4. The number of fused-ring (bicyclic) bond motifs is 1. The van der Waals surface area contributed by atoms with Gasteiger partial charge in [-0.1, -0.05) is 37.1 Å². The predicted molar refractivity (Wildman–Crippen MR) is 123 cm³/mol. The minimum Gasteiger partial charge on any atom is -0.493 e. The van der Waals surface area contributed by atoms with Crippen LogP contribution in [0.3, 0.4) is 0 Å². The summed E-state index contributed by atoms with van der Waals surface area (Å²) < 4.78 is 10.5. The summed E-state index contributed by atoms with van der Waals surface area (Å²) in [5.74, 6) is 0.372. The van der Waals surface area contributed by atoms with E-state index in [1.807, 2.05) is 12.1 Å². The molecule has 2 amide bonds. The third-order valence-corrected chi connectivity index (χ3v) is 5.80. The lowest BCUT2D eigenvalue weighted by molar-refractivity contribution is -0.117. The van der Waals surface area contributed by atoms with Gasteiger partial charge in [0.05, 0.1) is 19.9 Å². The van der Waals surface area contributed by atoms with E-state index in [4.69, 9.17) is 9.47 Å². The highest BCUT2D eigenvalue weighted by Crippen LogP contribution is 2.32. The van der Waals surface area contributed by atoms with Crippen molar-refractivity contribution in [3.05, 3.63) is 64.7 Å². The smallest absolute Gasteiger partial charge is 0.264 e. The molecule has 4 rings (SSSR count). The zero-order valence-corrected chi connectivity index (χ0v) is 18.5. The lowest BCUT2D eigenvalue weighted by Gasteiger charge is -2.11. The van der Waals surface area contributed by atoms with Gasteiger partial charge in [0, 0.05) is 22.7 Å². The number of aliphatic imine (C=N–C) groups is 1. The van der Waals surface area contributed by atoms with Crippen LogP contribution in [-0.4, -0.2) is 37.9 Å². The number of nitrogens with one attached hydrogen (secondary N) is 2. The van der Waals surface area contributed by atoms with Crippen molar-refractivity contribution < 1.29 is 19.1 Å². The molecule has 2 aromatic carbocycles.